The molecule has 0 unspecified atom stereocenters. The van der Waals surface area contributed by atoms with Crippen LogP contribution in [0, 0.1) is 13.8 Å². The Morgan fingerprint density at radius 3 is 2.47 bits per heavy atom. The molecule has 0 aliphatic carbocycles. The second kappa shape index (κ2) is 9.45. The Labute approximate surface area is 178 Å². The second-order valence-corrected chi connectivity index (χ2v) is 7.61. The van der Waals surface area contributed by atoms with Gasteiger partial charge in [-0.15, -0.1) is 11.3 Å². The van der Waals surface area contributed by atoms with Crippen LogP contribution in [0.2, 0.25) is 0 Å². The molecule has 0 saturated heterocycles. The van der Waals surface area contributed by atoms with Crippen LogP contribution in [0.15, 0.2) is 47.8 Å². The molecule has 3 aromatic rings. The highest BCUT2D eigenvalue weighted by Crippen LogP contribution is 2.21. The van der Waals surface area contributed by atoms with Crippen molar-refractivity contribution < 1.29 is 19.1 Å². The Hall–Kier alpha value is -3.32. The maximum Gasteiger partial charge on any atom is 0.311 e. The van der Waals surface area contributed by atoms with Gasteiger partial charge in [-0.2, -0.15) is 0 Å². The van der Waals surface area contributed by atoms with Gasteiger partial charge in [0.15, 0.2) is 10.9 Å². The van der Waals surface area contributed by atoms with Crippen molar-refractivity contribution in [3.05, 3.63) is 81.4 Å². The number of hydrogen-bond donors (Lipinski definition) is 1. The summed E-state index contributed by atoms with van der Waals surface area (Å²) in [5.41, 5.74) is 3.75. The minimum absolute atomic E-state index is 0.0437. The second-order valence-electron chi connectivity index (χ2n) is 6.75. The van der Waals surface area contributed by atoms with Gasteiger partial charge >= 0.3 is 5.97 Å². The van der Waals surface area contributed by atoms with Gasteiger partial charge in [0.1, 0.15) is 0 Å². The number of ether oxygens (including phenoxy) is 1. The number of carbonyl (C=O) groups is 3. The topological polar surface area (TPSA) is 85.4 Å². The van der Waals surface area contributed by atoms with Gasteiger partial charge in [-0.05, 0) is 44.0 Å². The highest BCUT2D eigenvalue weighted by Gasteiger charge is 2.19. The van der Waals surface area contributed by atoms with Gasteiger partial charge in [0.05, 0.1) is 24.3 Å². The van der Waals surface area contributed by atoms with Gasteiger partial charge in [0.2, 0.25) is 0 Å². The SMILES string of the molecule is CCOC(=O)Cc1csc(NC(=O)c2ccccc2C(=O)c2ccc(C)c(C)c2)n1. The van der Waals surface area contributed by atoms with E-state index in [2.05, 4.69) is 10.3 Å². The molecular formula is C23H22N2O4S. The Morgan fingerprint density at radius 1 is 1.03 bits per heavy atom. The zero-order valence-corrected chi connectivity index (χ0v) is 17.8. The molecule has 30 heavy (non-hydrogen) atoms. The first kappa shape index (κ1) is 21.4. The molecule has 0 radical (unpaired) electrons. The lowest BCUT2D eigenvalue weighted by atomic mass is 9.96. The summed E-state index contributed by atoms with van der Waals surface area (Å²) in [4.78, 5) is 41.7. The van der Waals surface area contributed by atoms with Gasteiger partial charge < -0.3 is 4.74 Å². The first-order chi connectivity index (χ1) is 14.4. The first-order valence-corrected chi connectivity index (χ1v) is 10.4. The average Bonchev–Trinajstić information content (AvgIpc) is 3.16. The fraction of sp³-hybridized carbons (Fsp3) is 0.217. The van der Waals surface area contributed by atoms with E-state index in [0.29, 0.717) is 28.6 Å². The van der Waals surface area contributed by atoms with E-state index in [1.54, 1.807) is 42.6 Å². The van der Waals surface area contributed by atoms with Gasteiger partial charge in [-0.25, -0.2) is 4.98 Å². The molecule has 3 rings (SSSR count). The normalized spacial score (nSPS) is 10.5. The molecule has 6 nitrogen and oxygen atoms in total. The lowest BCUT2D eigenvalue weighted by Gasteiger charge is -2.09. The van der Waals surface area contributed by atoms with Crippen LogP contribution < -0.4 is 5.32 Å². The summed E-state index contributed by atoms with van der Waals surface area (Å²) in [6.07, 6.45) is 0.0437. The van der Waals surface area contributed by atoms with Crippen molar-refractivity contribution in [1.82, 2.24) is 4.98 Å². The van der Waals surface area contributed by atoms with Crippen molar-refractivity contribution >= 4 is 34.1 Å². The Kier molecular flexibility index (Phi) is 6.74. The molecule has 0 bridgehead atoms. The number of aromatic nitrogens is 1. The lowest BCUT2D eigenvalue weighted by molar-refractivity contribution is -0.142. The Bertz CT molecular complexity index is 1100. The van der Waals surface area contributed by atoms with Gasteiger partial charge in [0, 0.05) is 16.5 Å². The summed E-state index contributed by atoms with van der Waals surface area (Å²) < 4.78 is 4.91. The van der Waals surface area contributed by atoms with Crippen LogP contribution >= 0.6 is 11.3 Å². The zero-order valence-electron chi connectivity index (χ0n) is 17.0. The van der Waals surface area contributed by atoms with E-state index in [1.165, 1.54) is 11.3 Å². The predicted octanol–water partition coefficient (Wildman–Crippen LogP) is 4.35. The van der Waals surface area contributed by atoms with Crippen LogP contribution in [0.1, 0.15) is 50.0 Å². The molecule has 0 aliphatic rings. The zero-order chi connectivity index (χ0) is 21.7. The third-order valence-corrected chi connectivity index (χ3v) is 5.39. The monoisotopic (exact) mass is 422 g/mol. The van der Waals surface area contributed by atoms with Gasteiger partial charge in [0.25, 0.3) is 5.91 Å². The lowest BCUT2D eigenvalue weighted by Crippen LogP contribution is -2.17. The number of benzene rings is 2. The van der Waals surface area contributed by atoms with Crippen molar-refractivity contribution in [2.75, 3.05) is 11.9 Å². The van der Waals surface area contributed by atoms with Crippen LogP contribution in [-0.4, -0.2) is 29.3 Å². The summed E-state index contributed by atoms with van der Waals surface area (Å²) in [5.74, 6) is -1.02. The smallest absolute Gasteiger partial charge is 0.311 e. The third-order valence-electron chi connectivity index (χ3n) is 4.59. The molecule has 1 heterocycles. The van der Waals surface area contributed by atoms with E-state index in [1.807, 2.05) is 26.0 Å². The molecule has 1 aromatic heterocycles. The molecule has 2 aromatic carbocycles. The fourth-order valence-electron chi connectivity index (χ4n) is 2.89. The van der Waals surface area contributed by atoms with Crippen molar-refractivity contribution in [3.8, 4) is 0 Å². The molecule has 1 amide bonds. The molecule has 154 valence electrons. The summed E-state index contributed by atoms with van der Waals surface area (Å²) in [7, 11) is 0. The summed E-state index contributed by atoms with van der Waals surface area (Å²) in [6, 6.07) is 12.2. The van der Waals surface area contributed by atoms with E-state index in [0.717, 1.165) is 11.1 Å². The van der Waals surface area contributed by atoms with E-state index in [9.17, 15) is 14.4 Å². The number of nitrogens with one attached hydrogen (secondary N) is 1. The summed E-state index contributed by atoms with van der Waals surface area (Å²) in [5, 5.41) is 4.76. The minimum atomic E-state index is -0.431. The summed E-state index contributed by atoms with van der Waals surface area (Å²) in [6.45, 7) is 5.97. The average molecular weight is 423 g/mol. The maximum atomic E-state index is 13.0. The number of esters is 1. The first-order valence-electron chi connectivity index (χ1n) is 9.51. The molecule has 0 fully saturated rings. The van der Waals surface area contributed by atoms with Crippen molar-refractivity contribution in [3.63, 3.8) is 0 Å². The van der Waals surface area contributed by atoms with Crippen molar-refractivity contribution in [2.45, 2.75) is 27.2 Å². The molecule has 0 saturated carbocycles. The number of thiazole rings is 1. The number of anilines is 1. The standard InChI is InChI=1S/C23H22N2O4S/c1-4-29-20(26)12-17-13-30-23(24-17)25-22(28)19-8-6-5-7-18(19)21(27)16-10-9-14(2)15(3)11-16/h5-11,13H,4,12H2,1-3H3,(H,24,25,28). The number of carbonyl (C=O) groups excluding carboxylic acids is 3. The number of nitrogens with zero attached hydrogens (tertiary/aromatic N) is 1. The number of amides is 1. The van der Waals surface area contributed by atoms with Gasteiger partial charge in [-0.1, -0.05) is 30.3 Å². The largest absolute Gasteiger partial charge is 0.466 e. The van der Waals surface area contributed by atoms with E-state index < -0.39 is 5.91 Å². The van der Waals surface area contributed by atoms with Crippen LogP contribution in [-0.2, 0) is 16.0 Å². The van der Waals surface area contributed by atoms with Gasteiger partial charge in [-0.3, -0.25) is 19.7 Å². The van der Waals surface area contributed by atoms with Crippen LogP contribution in [0.25, 0.3) is 0 Å². The number of hydrogen-bond acceptors (Lipinski definition) is 6. The molecule has 0 spiro atoms. The van der Waals surface area contributed by atoms with Crippen LogP contribution in [0.4, 0.5) is 5.13 Å². The number of aryl methyl sites for hydroxylation is 2. The third kappa shape index (κ3) is 4.99. The molecular weight excluding hydrogens is 400 g/mol. The quantitative estimate of drug-likeness (QED) is 0.452. The summed E-state index contributed by atoms with van der Waals surface area (Å²) >= 11 is 1.21. The Balaban J connectivity index is 1.79. The van der Waals surface area contributed by atoms with Crippen LogP contribution in [0.3, 0.4) is 0 Å². The Morgan fingerprint density at radius 2 is 1.77 bits per heavy atom. The molecule has 0 aliphatic heterocycles. The molecule has 7 heteroatoms. The van der Waals surface area contributed by atoms with Crippen LogP contribution in [0.5, 0.6) is 0 Å². The van der Waals surface area contributed by atoms with E-state index >= 15 is 0 Å². The number of rotatable bonds is 7. The highest BCUT2D eigenvalue weighted by molar-refractivity contribution is 7.14. The van der Waals surface area contributed by atoms with E-state index in [-0.39, 0.29) is 23.7 Å². The number of ketones is 1. The minimum Gasteiger partial charge on any atom is -0.466 e. The predicted molar refractivity (Wildman–Crippen MR) is 116 cm³/mol. The fourth-order valence-corrected chi connectivity index (χ4v) is 3.59. The van der Waals surface area contributed by atoms with Crippen molar-refractivity contribution in [2.24, 2.45) is 0 Å². The van der Waals surface area contributed by atoms with Crippen molar-refractivity contribution in [1.29, 1.82) is 0 Å². The molecule has 0 atom stereocenters. The maximum absolute atomic E-state index is 13.0. The highest BCUT2D eigenvalue weighted by atomic mass is 32.1. The molecule has 1 N–H and O–H groups in total. The van der Waals surface area contributed by atoms with E-state index in [4.69, 9.17) is 4.74 Å².